The fraction of sp³-hybridized carbons (Fsp3) is 0.0714. The molecule has 0 bridgehead atoms. The van der Waals surface area contributed by atoms with Crippen LogP contribution in [-0.2, 0) is 4.79 Å². The van der Waals surface area contributed by atoms with Gasteiger partial charge in [0, 0.05) is 16.6 Å². The van der Waals surface area contributed by atoms with Gasteiger partial charge in [0.1, 0.15) is 11.5 Å². The third-order valence-corrected chi connectivity index (χ3v) is 3.97. The summed E-state index contributed by atoms with van der Waals surface area (Å²) in [5, 5.41) is 2.72. The van der Waals surface area contributed by atoms with E-state index in [0.717, 1.165) is 8.95 Å². The van der Waals surface area contributed by atoms with E-state index in [9.17, 15) is 4.79 Å². The average molecular weight is 414 g/mol. The van der Waals surface area contributed by atoms with Gasteiger partial charge in [-0.1, -0.05) is 15.9 Å². The van der Waals surface area contributed by atoms with E-state index in [-0.39, 0.29) is 12.5 Å². The smallest absolute Gasteiger partial charge is 0.262 e. The van der Waals surface area contributed by atoms with Crippen LogP contribution in [-0.4, -0.2) is 12.5 Å². The first-order valence-corrected chi connectivity index (χ1v) is 7.60. The van der Waals surface area contributed by atoms with Crippen LogP contribution in [0.4, 0.5) is 11.4 Å². The number of halogens is 2. The summed E-state index contributed by atoms with van der Waals surface area (Å²) in [5.74, 6) is 1.40. The zero-order valence-corrected chi connectivity index (χ0v) is 13.8. The summed E-state index contributed by atoms with van der Waals surface area (Å²) in [6.45, 7) is -0.00902. The highest BCUT2D eigenvalue weighted by Crippen LogP contribution is 2.40. The molecule has 0 saturated heterocycles. The van der Waals surface area contributed by atoms with Crippen molar-refractivity contribution < 1.29 is 14.3 Å². The SMILES string of the molecule is Nc1cc2c(cc1Oc1ccc(Br)cc1Br)NC(=O)CO2. The van der Waals surface area contributed by atoms with Crippen molar-refractivity contribution in [1.82, 2.24) is 0 Å². The minimum absolute atomic E-state index is 0.00902. The first-order chi connectivity index (χ1) is 10.0. The first-order valence-electron chi connectivity index (χ1n) is 6.02. The predicted molar refractivity (Wildman–Crippen MR) is 86.9 cm³/mol. The first kappa shape index (κ1) is 14.2. The molecular formula is C14H10Br2N2O3. The molecule has 0 spiro atoms. The summed E-state index contributed by atoms with van der Waals surface area (Å²) in [7, 11) is 0. The molecular weight excluding hydrogens is 404 g/mol. The number of nitrogen functional groups attached to an aromatic ring is 1. The third kappa shape index (κ3) is 2.98. The van der Waals surface area contributed by atoms with Gasteiger partial charge in [0.25, 0.3) is 5.91 Å². The molecule has 0 saturated carbocycles. The molecule has 108 valence electrons. The van der Waals surface area contributed by atoms with E-state index in [2.05, 4.69) is 37.2 Å². The highest BCUT2D eigenvalue weighted by Gasteiger charge is 2.19. The molecule has 1 aliphatic rings. The van der Waals surface area contributed by atoms with E-state index >= 15 is 0 Å². The number of ether oxygens (including phenoxy) is 2. The van der Waals surface area contributed by atoms with Crippen LogP contribution in [0, 0.1) is 0 Å². The van der Waals surface area contributed by atoms with E-state index < -0.39 is 0 Å². The fourth-order valence-corrected chi connectivity index (χ4v) is 3.02. The third-order valence-electron chi connectivity index (χ3n) is 2.86. The Kier molecular flexibility index (Phi) is 3.77. The molecule has 2 aromatic rings. The molecule has 1 amide bonds. The Morgan fingerprint density at radius 1 is 1.19 bits per heavy atom. The van der Waals surface area contributed by atoms with Crippen LogP contribution >= 0.6 is 31.9 Å². The second-order valence-corrected chi connectivity index (χ2v) is 6.17. The number of anilines is 2. The molecule has 7 heteroatoms. The number of hydrogen-bond acceptors (Lipinski definition) is 4. The van der Waals surface area contributed by atoms with Gasteiger partial charge >= 0.3 is 0 Å². The van der Waals surface area contributed by atoms with Crippen LogP contribution in [0.2, 0.25) is 0 Å². The highest BCUT2D eigenvalue weighted by molar-refractivity contribution is 9.11. The number of amides is 1. The van der Waals surface area contributed by atoms with Crippen LogP contribution < -0.4 is 20.5 Å². The maximum absolute atomic E-state index is 11.4. The summed E-state index contributed by atoms with van der Waals surface area (Å²) in [6, 6.07) is 8.82. The monoisotopic (exact) mass is 412 g/mol. The molecule has 5 nitrogen and oxygen atoms in total. The van der Waals surface area contributed by atoms with E-state index in [4.69, 9.17) is 15.2 Å². The van der Waals surface area contributed by atoms with Gasteiger partial charge < -0.3 is 20.5 Å². The van der Waals surface area contributed by atoms with E-state index in [1.165, 1.54) is 0 Å². The normalized spacial score (nSPS) is 13.1. The Morgan fingerprint density at radius 2 is 2.00 bits per heavy atom. The average Bonchev–Trinajstić information content (AvgIpc) is 2.43. The van der Waals surface area contributed by atoms with Crippen molar-refractivity contribution in [2.24, 2.45) is 0 Å². The van der Waals surface area contributed by atoms with Crippen LogP contribution in [0.3, 0.4) is 0 Å². The van der Waals surface area contributed by atoms with Crippen molar-refractivity contribution in [3.63, 3.8) is 0 Å². The lowest BCUT2D eigenvalue weighted by Gasteiger charge is -2.20. The van der Waals surface area contributed by atoms with Gasteiger partial charge in [-0.3, -0.25) is 4.79 Å². The zero-order valence-electron chi connectivity index (χ0n) is 10.7. The molecule has 0 aromatic heterocycles. The number of nitrogens with two attached hydrogens (primary N) is 1. The maximum Gasteiger partial charge on any atom is 0.262 e. The summed E-state index contributed by atoms with van der Waals surface area (Å²) in [6.07, 6.45) is 0. The lowest BCUT2D eigenvalue weighted by Crippen LogP contribution is -2.25. The predicted octanol–water partition coefficient (Wildman–Crippen LogP) is 3.92. The molecule has 0 unspecified atom stereocenters. The molecule has 0 fully saturated rings. The lowest BCUT2D eigenvalue weighted by atomic mass is 10.2. The Morgan fingerprint density at radius 3 is 2.76 bits per heavy atom. The second-order valence-electron chi connectivity index (χ2n) is 4.40. The summed E-state index contributed by atoms with van der Waals surface area (Å²) in [5.41, 5.74) is 6.94. The standard InChI is InChI=1S/C14H10Br2N2O3/c15-7-1-2-11(8(16)3-7)21-12-5-10-13(4-9(12)17)20-6-14(19)18-10/h1-5H,6,17H2,(H,18,19). The molecule has 21 heavy (non-hydrogen) atoms. The molecule has 0 aliphatic carbocycles. The molecule has 3 N–H and O–H groups in total. The molecule has 3 rings (SSSR count). The van der Waals surface area contributed by atoms with Crippen molar-refractivity contribution in [2.45, 2.75) is 0 Å². The maximum atomic E-state index is 11.4. The Bertz CT molecular complexity index is 734. The van der Waals surface area contributed by atoms with Gasteiger partial charge in [-0.2, -0.15) is 0 Å². The summed E-state index contributed by atoms with van der Waals surface area (Å²) < 4.78 is 12.8. The number of nitrogens with one attached hydrogen (secondary N) is 1. The van der Waals surface area contributed by atoms with Crippen LogP contribution in [0.1, 0.15) is 0 Å². The molecule has 2 aromatic carbocycles. The minimum atomic E-state index is -0.206. The van der Waals surface area contributed by atoms with Gasteiger partial charge in [-0.05, 0) is 34.1 Å². The van der Waals surface area contributed by atoms with Crippen LogP contribution in [0.25, 0.3) is 0 Å². The summed E-state index contributed by atoms with van der Waals surface area (Å²) in [4.78, 5) is 11.4. The molecule has 0 atom stereocenters. The van der Waals surface area contributed by atoms with Crippen molar-refractivity contribution in [2.75, 3.05) is 17.7 Å². The largest absolute Gasteiger partial charge is 0.481 e. The van der Waals surface area contributed by atoms with Gasteiger partial charge in [-0.25, -0.2) is 0 Å². The van der Waals surface area contributed by atoms with Gasteiger partial charge in [-0.15, -0.1) is 0 Å². The van der Waals surface area contributed by atoms with Crippen LogP contribution in [0.5, 0.6) is 17.2 Å². The van der Waals surface area contributed by atoms with E-state index in [0.29, 0.717) is 28.6 Å². The number of rotatable bonds is 2. The van der Waals surface area contributed by atoms with E-state index in [1.54, 1.807) is 12.1 Å². The van der Waals surface area contributed by atoms with E-state index in [1.807, 2.05) is 18.2 Å². The second kappa shape index (κ2) is 5.57. The Hall–Kier alpha value is -1.73. The number of fused-ring (bicyclic) bond motifs is 1. The molecule has 1 heterocycles. The summed E-state index contributed by atoms with van der Waals surface area (Å²) >= 11 is 6.80. The lowest BCUT2D eigenvalue weighted by molar-refractivity contribution is -0.118. The number of carbonyl (C=O) groups is 1. The van der Waals surface area contributed by atoms with Crippen LogP contribution in [0.15, 0.2) is 39.3 Å². The Labute approximate surface area is 137 Å². The quantitative estimate of drug-likeness (QED) is 0.732. The van der Waals surface area contributed by atoms with Gasteiger partial charge in [0.15, 0.2) is 12.4 Å². The highest BCUT2D eigenvalue weighted by atomic mass is 79.9. The van der Waals surface area contributed by atoms with Crippen molar-refractivity contribution in [1.29, 1.82) is 0 Å². The Balaban J connectivity index is 1.95. The topological polar surface area (TPSA) is 73.6 Å². The molecule has 1 aliphatic heterocycles. The van der Waals surface area contributed by atoms with Crippen molar-refractivity contribution >= 4 is 49.1 Å². The minimum Gasteiger partial charge on any atom is -0.481 e. The van der Waals surface area contributed by atoms with Gasteiger partial charge in [0.05, 0.1) is 15.8 Å². The van der Waals surface area contributed by atoms with Crippen molar-refractivity contribution in [3.05, 3.63) is 39.3 Å². The number of benzene rings is 2. The van der Waals surface area contributed by atoms with Gasteiger partial charge in [0.2, 0.25) is 0 Å². The molecule has 0 radical (unpaired) electrons. The number of carbonyl (C=O) groups excluding carboxylic acids is 1. The number of hydrogen-bond donors (Lipinski definition) is 2. The van der Waals surface area contributed by atoms with Crippen molar-refractivity contribution in [3.8, 4) is 17.2 Å². The zero-order chi connectivity index (χ0) is 15.0. The fourth-order valence-electron chi connectivity index (χ4n) is 1.89.